The minimum atomic E-state index is -3.02. The molecule has 2 aromatic rings. The van der Waals surface area contributed by atoms with Crippen LogP contribution in [0.3, 0.4) is 0 Å². The van der Waals surface area contributed by atoms with E-state index >= 15 is 0 Å². The number of hydrogen-bond acceptors (Lipinski definition) is 5. The second-order valence-electron chi connectivity index (χ2n) is 6.08. The smallest absolute Gasteiger partial charge is 0.387 e. The largest absolute Gasteiger partial charge is 0.490 e. The fourth-order valence-electron chi connectivity index (χ4n) is 2.98. The summed E-state index contributed by atoms with van der Waals surface area (Å²) in [5.41, 5.74) is 0.700. The Balaban J connectivity index is 1.96. The standard InChI is InChI=1S/C20H20F2N2O5/c1-3-27-16-10-12(8-9-15(16)29-20(21)22)19(26)24-11-17(18(25)23-2)28-14-7-5-4-6-13(14)24/h4-10,17,20H,3,11H2,1-2H3,(H,23,25)/t17-/m0/s1. The molecule has 0 saturated heterocycles. The Morgan fingerprint density at radius 3 is 2.69 bits per heavy atom. The van der Waals surface area contributed by atoms with Crippen LogP contribution in [0.4, 0.5) is 14.5 Å². The van der Waals surface area contributed by atoms with Crippen molar-refractivity contribution in [3.05, 3.63) is 48.0 Å². The van der Waals surface area contributed by atoms with E-state index in [1.165, 1.54) is 30.1 Å². The molecule has 9 heteroatoms. The second-order valence-corrected chi connectivity index (χ2v) is 6.08. The molecule has 1 N–H and O–H groups in total. The Kier molecular flexibility index (Phi) is 6.16. The molecule has 2 amide bonds. The molecule has 1 aliphatic rings. The number of rotatable bonds is 6. The monoisotopic (exact) mass is 406 g/mol. The maximum Gasteiger partial charge on any atom is 0.387 e. The van der Waals surface area contributed by atoms with E-state index in [-0.39, 0.29) is 36.1 Å². The zero-order valence-corrected chi connectivity index (χ0v) is 15.9. The van der Waals surface area contributed by atoms with Crippen LogP contribution in [0.5, 0.6) is 17.2 Å². The highest BCUT2D eigenvalue weighted by atomic mass is 19.3. The van der Waals surface area contributed by atoms with Gasteiger partial charge >= 0.3 is 6.61 Å². The van der Waals surface area contributed by atoms with E-state index in [0.29, 0.717) is 11.4 Å². The number of halogens is 2. The molecule has 1 atom stereocenters. The van der Waals surface area contributed by atoms with Gasteiger partial charge in [-0.2, -0.15) is 8.78 Å². The molecule has 0 unspecified atom stereocenters. The Morgan fingerprint density at radius 2 is 2.00 bits per heavy atom. The number of nitrogens with one attached hydrogen (secondary N) is 1. The first kappa shape index (κ1) is 20.4. The Morgan fingerprint density at radius 1 is 1.24 bits per heavy atom. The number of benzene rings is 2. The third-order valence-corrected chi connectivity index (χ3v) is 4.26. The summed E-state index contributed by atoms with van der Waals surface area (Å²) in [7, 11) is 1.48. The Bertz CT molecular complexity index is 906. The van der Waals surface area contributed by atoms with Gasteiger partial charge in [0.25, 0.3) is 11.8 Å². The summed E-state index contributed by atoms with van der Waals surface area (Å²) in [5, 5.41) is 2.51. The number of hydrogen-bond donors (Lipinski definition) is 1. The van der Waals surface area contributed by atoms with E-state index in [9.17, 15) is 18.4 Å². The lowest BCUT2D eigenvalue weighted by Crippen LogP contribution is -2.50. The van der Waals surface area contributed by atoms with Crippen LogP contribution >= 0.6 is 0 Å². The van der Waals surface area contributed by atoms with Gasteiger partial charge in [-0.1, -0.05) is 12.1 Å². The van der Waals surface area contributed by atoms with Gasteiger partial charge in [0.05, 0.1) is 18.8 Å². The highest BCUT2D eigenvalue weighted by Gasteiger charge is 2.34. The average Bonchev–Trinajstić information content (AvgIpc) is 2.72. The number of amides is 2. The molecule has 0 aromatic heterocycles. The van der Waals surface area contributed by atoms with Gasteiger partial charge < -0.3 is 24.4 Å². The molecule has 2 aromatic carbocycles. The highest BCUT2D eigenvalue weighted by molar-refractivity contribution is 6.08. The topological polar surface area (TPSA) is 77.1 Å². The van der Waals surface area contributed by atoms with Crippen LogP contribution in [0.25, 0.3) is 0 Å². The summed E-state index contributed by atoms with van der Waals surface area (Å²) in [6.07, 6.45) is -0.883. The van der Waals surface area contributed by atoms with Gasteiger partial charge in [0.15, 0.2) is 17.6 Å². The molecule has 0 bridgehead atoms. The molecule has 154 valence electrons. The Labute approximate surface area is 166 Å². The molecule has 0 fully saturated rings. The van der Waals surface area contributed by atoms with Crippen LogP contribution in [0.15, 0.2) is 42.5 Å². The van der Waals surface area contributed by atoms with Crippen molar-refractivity contribution >= 4 is 17.5 Å². The second kappa shape index (κ2) is 8.76. The molecule has 0 saturated carbocycles. The number of carbonyl (C=O) groups excluding carboxylic acids is 2. The minimum Gasteiger partial charge on any atom is -0.490 e. The maximum absolute atomic E-state index is 13.2. The van der Waals surface area contributed by atoms with Gasteiger partial charge in [0.2, 0.25) is 0 Å². The van der Waals surface area contributed by atoms with Crippen LogP contribution in [-0.4, -0.2) is 44.7 Å². The lowest BCUT2D eigenvalue weighted by atomic mass is 10.1. The zero-order valence-electron chi connectivity index (χ0n) is 15.9. The SMILES string of the molecule is CCOc1cc(C(=O)N2C[C@@H](C(=O)NC)Oc3ccccc32)ccc1OC(F)F. The molecular weight excluding hydrogens is 386 g/mol. The van der Waals surface area contributed by atoms with Crippen LogP contribution in [-0.2, 0) is 4.79 Å². The van der Waals surface area contributed by atoms with Crippen molar-refractivity contribution < 1.29 is 32.6 Å². The number of carbonyl (C=O) groups is 2. The van der Waals surface area contributed by atoms with Crippen molar-refractivity contribution in [2.45, 2.75) is 19.6 Å². The summed E-state index contributed by atoms with van der Waals surface area (Å²) in [4.78, 5) is 26.7. The van der Waals surface area contributed by atoms with E-state index in [2.05, 4.69) is 10.1 Å². The molecule has 3 rings (SSSR count). The number of fused-ring (bicyclic) bond motifs is 1. The van der Waals surface area contributed by atoms with E-state index < -0.39 is 18.6 Å². The highest BCUT2D eigenvalue weighted by Crippen LogP contribution is 2.36. The maximum atomic E-state index is 13.2. The predicted octanol–water partition coefficient (Wildman–Crippen LogP) is 2.84. The summed E-state index contributed by atoms with van der Waals surface area (Å²) in [6.45, 7) is -1.13. The number of para-hydroxylation sites is 2. The van der Waals surface area contributed by atoms with E-state index in [0.717, 1.165) is 0 Å². The van der Waals surface area contributed by atoms with Gasteiger partial charge in [0.1, 0.15) is 5.75 Å². The molecule has 1 heterocycles. The third kappa shape index (κ3) is 4.39. The molecule has 0 spiro atoms. The number of likely N-dealkylation sites (N-methyl/N-ethyl adjacent to an activating group) is 1. The molecule has 7 nitrogen and oxygen atoms in total. The fraction of sp³-hybridized carbons (Fsp3) is 0.300. The molecule has 1 aliphatic heterocycles. The van der Waals surface area contributed by atoms with Crippen molar-refractivity contribution in [2.24, 2.45) is 0 Å². The molecule has 0 aliphatic carbocycles. The van der Waals surface area contributed by atoms with Gasteiger partial charge in [-0.05, 0) is 37.3 Å². The van der Waals surface area contributed by atoms with Crippen LogP contribution in [0.1, 0.15) is 17.3 Å². The van der Waals surface area contributed by atoms with Crippen LogP contribution in [0.2, 0.25) is 0 Å². The molecule has 29 heavy (non-hydrogen) atoms. The number of ether oxygens (including phenoxy) is 3. The first-order valence-corrected chi connectivity index (χ1v) is 8.95. The Hall–Kier alpha value is -3.36. The van der Waals surface area contributed by atoms with Gasteiger partial charge in [0, 0.05) is 12.6 Å². The zero-order chi connectivity index (χ0) is 21.0. The summed E-state index contributed by atoms with van der Waals surface area (Å²) >= 11 is 0. The lowest BCUT2D eigenvalue weighted by molar-refractivity contribution is -0.127. The molecular formula is C20H20F2N2O5. The first-order chi connectivity index (χ1) is 13.9. The van der Waals surface area contributed by atoms with Crippen molar-refractivity contribution in [1.82, 2.24) is 5.32 Å². The fourth-order valence-corrected chi connectivity index (χ4v) is 2.98. The molecule has 0 radical (unpaired) electrons. The number of anilines is 1. The summed E-state index contributed by atoms with van der Waals surface area (Å²) in [5.74, 6) is -0.539. The van der Waals surface area contributed by atoms with E-state index in [4.69, 9.17) is 9.47 Å². The average molecular weight is 406 g/mol. The van der Waals surface area contributed by atoms with Crippen molar-refractivity contribution in [3.8, 4) is 17.2 Å². The predicted molar refractivity (Wildman–Crippen MR) is 101 cm³/mol. The van der Waals surface area contributed by atoms with Gasteiger partial charge in [-0.15, -0.1) is 0 Å². The number of alkyl halides is 2. The van der Waals surface area contributed by atoms with Gasteiger partial charge in [-0.3, -0.25) is 9.59 Å². The lowest BCUT2D eigenvalue weighted by Gasteiger charge is -2.34. The van der Waals surface area contributed by atoms with Crippen LogP contribution in [0, 0.1) is 0 Å². The number of nitrogens with zero attached hydrogens (tertiary/aromatic N) is 1. The quantitative estimate of drug-likeness (QED) is 0.798. The van der Waals surface area contributed by atoms with E-state index in [1.54, 1.807) is 31.2 Å². The van der Waals surface area contributed by atoms with Crippen molar-refractivity contribution in [3.63, 3.8) is 0 Å². The first-order valence-electron chi connectivity index (χ1n) is 8.95. The van der Waals surface area contributed by atoms with E-state index in [1.807, 2.05) is 0 Å². The van der Waals surface area contributed by atoms with Crippen molar-refractivity contribution in [2.75, 3.05) is 25.1 Å². The van der Waals surface area contributed by atoms with Crippen LogP contribution < -0.4 is 24.4 Å². The minimum absolute atomic E-state index is 0.00518. The summed E-state index contributed by atoms with van der Waals surface area (Å²) in [6, 6.07) is 10.8. The third-order valence-electron chi connectivity index (χ3n) is 4.26. The van der Waals surface area contributed by atoms with Crippen molar-refractivity contribution in [1.29, 1.82) is 0 Å². The van der Waals surface area contributed by atoms with Gasteiger partial charge in [-0.25, -0.2) is 0 Å². The normalized spacial score (nSPS) is 15.3. The summed E-state index contributed by atoms with van der Waals surface area (Å²) < 4.78 is 40.7.